The van der Waals surface area contributed by atoms with Gasteiger partial charge in [-0.3, -0.25) is 9.59 Å². The van der Waals surface area contributed by atoms with Crippen LogP contribution in [-0.4, -0.2) is 24.5 Å². The average Bonchev–Trinajstić information content (AvgIpc) is 3.55. The lowest BCUT2D eigenvalue weighted by molar-refractivity contribution is -0.117. The summed E-state index contributed by atoms with van der Waals surface area (Å²) in [6.07, 6.45) is 4.78. The van der Waals surface area contributed by atoms with Gasteiger partial charge < -0.3 is 20.1 Å². The highest BCUT2D eigenvalue weighted by Crippen LogP contribution is 2.40. The molecule has 3 aromatic rings. The standard InChI is InChI=1S/C29H27N3O4/c1-31-22-7-5-11-25(17-22)36-26-13-12-19(15-27(26)35-24-9-2-3-10-24)21-16-28(33)32(18-21)23-8-4-6-20(14-23)29(30)34/h4-8,11-15,17,21,24H,2-3,9-10,16,18H2,(H2,30,34)/t21-/m1/s1. The molecule has 2 amide bonds. The first-order valence-corrected chi connectivity index (χ1v) is 12.2. The van der Waals surface area contributed by atoms with E-state index in [0.29, 0.717) is 47.2 Å². The topological polar surface area (TPSA) is 86.2 Å². The zero-order chi connectivity index (χ0) is 25.1. The number of nitrogens with two attached hydrogens (primary N) is 1. The molecular weight excluding hydrogens is 454 g/mol. The SMILES string of the molecule is [C-]#[N+]c1cccc(Oc2ccc([C@@H]3CC(=O)N(c4cccc(C(N)=O)c4)C3)cc2OC2CCCC2)c1. The average molecular weight is 482 g/mol. The maximum absolute atomic E-state index is 12.9. The third kappa shape index (κ3) is 5.03. The van der Waals surface area contributed by atoms with Crippen LogP contribution < -0.4 is 20.1 Å². The molecule has 1 aliphatic heterocycles. The van der Waals surface area contributed by atoms with E-state index >= 15 is 0 Å². The van der Waals surface area contributed by atoms with Gasteiger partial charge in [0.05, 0.1) is 12.7 Å². The molecule has 7 heteroatoms. The van der Waals surface area contributed by atoms with E-state index in [-0.39, 0.29) is 17.9 Å². The van der Waals surface area contributed by atoms with Crippen molar-refractivity contribution in [1.82, 2.24) is 0 Å². The first-order valence-electron chi connectivity index (χ1n) is 12.2. The first kappa shape index (κ1) is 23.4. The third-order valence-electron chi connectivity index (χ3n) is 6.78. The second-order valence-corrected chi connectivity index (χ2v) is 9.26. The van der Waals surface area contributed by atoms with Crippen molar-refractivity contribution in [3.63, 3.8) is 0 Å². The van der Waals surface area contributed by atoms with Gasteiger partial charge in [-0.25, -0.2) is 4.85 Å². The summed E-state index contributed by atoms with van der Waals surface area (Å²) in [7, 11) is 0. The van der Waals surface area contributed by atoms with E-state index in [1.165, 1.54) is 0 Å². The number of anilines is 1. The maximum atomic E-state index is 12.9. The number of carbonyl (C=O) groups is 2. The Morgan fingerprint density at radius 3 is 2.58 bits per heavy atom. The molecule has 3 aromatic carbocycles. The smallest absolute Gasteiger partial charge is 0.248 e. The van der Waals surface area contributed by atoms with Crippen molar-refractivity contribution in [2.75, 3.05) is 11.4 Å². The molecule has 0 spiro atoms. The van der Waals surface area contributed by atoms with Gasteiger partial charge in [-0.05, 0) is 73.7 Å². The van der Waals surface area contributed by atoms with E-state index in [1.807, 2.05) is 30.3 Å². The molecule has 0 radical (unpaired) electrons. The fraction of sp³-hybridized carbons (Fsp3) is 0.276. The summed E-state index contributed by atoms with van der Waals surface area (Å²) in [5.74, 6) is 1.25. The van der Waals surface area contributed by atoms with Crippen LogP contribution in [0.3, 0.4) is 0 Å². The molecule has 2 aliphatic rings. The zero-order valence-corrected chi connectivity index (χ0v) is 19.9. The second kappa shape index (κ2) is 10.1. The molecule has 0 bridgehead atoms. The van der Waals surface area contributed by atoms with Crippen molar-refractivity contribution in [2.45, 2.75) is 44.1 Å². The Hall–Kier alpha value is -4.31. The van der Waals surface area contributed by atoms with Crippen molar-refractivity contribution < 1.29 is 19.1 Å². The van der Waals surface area contributed by atoms with E-state index in [1.54, 1.807) is 41.3 Å². The number of rotatable bonds is 7. The first-order chi connectivity index (χ1) is 17.5. The van der Waals surface area contributed by atoms with Crippen LogP contribution in [0.5, 0.6) is 17.2 Å². The molecule has 5 rings (SSSR count). The van der Waals surface area contributed by atoms with E-state index in [0.717, 1.165) is 31.2 Å². The molecule has 2 fully saturated rings. The van der Waals surface area contributed by atoms with Gasteiger partial charge in [0.15, 0.2) is 17.2 Å². The van der Waals surface area contributed by atoms with Crippen LogP contribution in [0.15, 0.2) is 66.7 Å². The molecule has 36 heavy (non-hydrogen) atoms. The molecule has 0 aromatic heterocycles. The minimum atomic E-state index is -0.522. The fourth-order valence-corrected chi connectivity index (χ4v) is 4.89. The molecule has 1 saturated carbocycles. The maximum Gasteiger partial charge on any atom is 0.248 e. The van der Waals surface area contributed by atoms with E-state index in [4.69, 9.17) is 21.8 Å². The lowest BCUT2D eigenvalue weighted by Crippen LogP contribution is -2.24. The van der Waals surface area contributed by atoms with Gasteiger partial charge in [-0.15, -0.1) is 0 Å². The number of ether oxygens (including phenoxy) is 2. The van der Waals surface area contributed by atoms with Crippen LogP contribution in [0.25, 0.3) is 4.85 Å². The lowest BCUT2D eigenvalue weighted by atomic mass is 9.98. The summed E-state index contributed by atoms with van der Waals surface area (Å²) >= 11 is 0. The zero-order valence-electron chi connectivity index (χ0n) is 19.9. The van der Waals surface area contributed by atoms with Crippen LogP contribution >= 0.6 is 0 Å². The van der Waals surface area contributed by atoms with Crippen LogP contribution in [0, 0.1) is 6.57 Å². The van der Waals surface area contributed by atoms with Crippen molar-refractivity contribution in [1.29, 1.82) is 0 Å². The van der Waals surface area contributed by atoms with Crippen LogP contribution in [0.4, 0.5) is 11.4 Å². The number of hydrogen-bond donors (Lipinski definition) is 1. The van der Waals surface area contributed by atoms with Crippen molar-refractivity contribution in [3.8, 4) is 17.2 Å². The lowest BCUT2D eigenvalue weighted by Gasteiger charge is -2.20. The summed E-state index contributed by atoms with van der Waals surface area (Å²) in [4.78, 5) is 29.7. The molecular formula is C29H27N3O4. The highest BCUT2D eigenvalue weighted by molar-refractivity contribution is 5.99. The highest BCUT2D eigenvalue weighted by atomic mass is 16.5. The number of benzene rings is 3. The van der Waals surface area contributed by atoms with Crippen molar-refractivity contribution >= 4 is 23.2 Å². The van der Waals surface area contributed by atoms with Gasteiger partial charge in [0.2, 0.25) is 11.8 Å². The van der Waals surface area contributed by atoms with Gasteiger partial charge >= 0.3 is 0 Å². The highest BCUT2D eigenvalue weighted by Gasteiger charge is 2.32. The predicted octanol–water partition coefficient (Wildman–Crippen LogP) is 5.97. The second-order valence-electron chi connectivity index (χ2n) is 9.26. The Morgan fingerprint density at radius 1 is 1.00 bits per heavy atom. The van der Waals surface area contributed by atoms with Gasteiger partial charge in [-0.2, -0.15) is 0 Å². The monoisotopic (exact) mass is 481 g/mol. The summed E-state index contributed by atoms with van der Waals surface area (Å²) < 4.78 is 12.5. The van der Waals surface area contributed by atoms with E-state index in [2.05, 4.69) is 4.85 Å². The quantitative estimate of drug-likeness (QED) is 0.421. The normalized spacial score (nSPS) is 17.7. The number of amides is 2. The van der Waals surface area contributed by atoms with E-state index < -0.39 is 5.91 Å². The van der Waals surface area contributed by atoms with Gasteiger partial charge in [0.25, 0.3) is 0 Å². The molecule has 7 nitrogen and oxygen atoms in total. The summed E-state index contributed by atoms with van der Waals surface area (Å²) in [6.45, 7) is 7.75. The number of nitrogens with zero attached hydrogens (tertiary/aromatic N) is 2. The Labute approximate surface area is 210 Å². The third-order valence-corrected chi connectivity index (χ3v) is 6.78. The van der Waals surface area contributed by atoms with Gasteiger partial charge in [0.1, 0.15) is 5.75 Å². The van der Waals surface area contributed by atoms with Crippen LogP contribution in [0.1, 0.15) is 53.9 Å². The number of hydrogen-bond acceptors (Lipinski definition) is 4. The van der Waals surface area contributed by atoms with Gasteiger partial charge in [-0.1, -0.05) is 24.3 Å². The largest absolute Gasteiger partial charge is 0.487 e. The van der Waals surface area contributed by atoms with Crippen molar-refractivity contribution in [3.05, 3.63) is 89.3 Å². The molecule has 1 aliphatic carbocycles. The molecule has 1 saturated heterocycles. The minimum Gasteiger partial charge on any atom is -0.487 e. The van der Waals surface area contributed by atoms with Crippen LogP contribution in [0.2, 0.25) is 0 Å². The minimum absolute atomic E-state index is 0.00355. The molecule has 2 N–H and O–H groups in total. The molecule has 1 heterocycles. The predicted molar refractivity (Wildman–Crippen MR) is 137 cm³/mol. The van der Waals surface area contributed by atoms with Crippen molar-refractivity contribution in [2.24, 2.45) is 5.73 Å². The van der Waals surface area contributed by atoms with Crippen LogP contribution in [-0.2, 0) is 4.79 Å². The molecule has 1 atom stereocenters. The Morgan fingerprint density at radius 2 is 1.81 bits per heavy atom. The van der Waals surface area contributed by atoms with Gasteiger partial charge in [0, 0.05) is 30.1 Å². The summed E-state index contributed by atoms with van der Waals surface area (Å²) in [5.41, 5.74) is 7.96. The number of carbonyl (C=O) groups excluding carboxylic acids is 2. The molecule has 0 unspecified atom stereocenters. The number of primary amides is 1. The Kier molecular flexibility index (Phi) is 6.59. The van der Waals surface area contributed by atoms with E-state index in [9.17, 15) is 9.59 Å². The molecule has 182 valence electrons. The summed E-state index contributed by atoms with van der Waals surface area (Å²) in [5, 5.41) is 0. The fourth-order valence-electron chi connectivity index (χ4n) is 4.89. The Bertz CT molecular complexity index is 1340. The summed E-state index contributed by atoms with van der Waals surface area (Å²) in [6, 6.07) is 19.7. The Balaban J connectivity index is 1.41.